The minimum absolute atomic E-state index is 0.0786. The van der Waals surface area contributed by atoms with Crippen LogP contribution in [0.5, 0.6) is 5.75 Å². The van der Waals surface area contributed by atoms with Gasteiger partial charge in [0.2, 0.25) is 16.2 Å². The maximum absolute atomic E-state index is 13.3. The lowest BCUT2D eigenvalue weighted by molar-refractivity contribution is -0.115. The van der Waals surface area contributed by atoms with Crippen LogP contribution in [0, 0.1) is 0 Å². The third-order valence-corrected chi connectivity index (χ3v) is 8.25. The molecule has 1 atom stereocenters. The molecule has 216 valence electrons. The number of thioether (sulfide) groups is 2. The molecule has 9 nitrogen and oxygen atoms in total. The fourth-order valence-corrected chi connectivity index (χ4v) is 5.68. The lowest BCUT2D eigenvalue weighted by Gasteiger charge is -2.13. The van der Waals surface area contributed by atoms with Gasteiger partial charge in [-0.3, -0.25) is 19.7 Å². The molecule has 0 saturated carbocycles. The zero-order valence-electron chi connectivity index (χ0n) is 23.1. The van der Waals surface area contributed by atoms with Gasteiger partial charge >= 0.3 is 0 Å². The molecule has 3 amide bonds. The highest BCUT2D eigenvalue weighted by atomic mass is 32.2. The van der Waals surface area contributed by atoms with E-state index in [4.69, 9.17) is 4.74 Å². The van der Waals surface area contributed by atoms with Gasteiger partial charge in [-0.15, -0.1) is 11.8 Å². The minimum atomic E-state index is -0.485. The number of amides is 3. The summed E-state index contributed by atoms with van der Waals surface area (Å²) >= 11 is 4.05. The number of carbonyl (C=O) groups excluding carboxylic acids is 3. The quantitative estimate of drug-likeness (QED) is 0.127. The van der Waals surface area contributed by atoms with Gasteiger partial charge in [0, 0.05) is 27.7 Å². The fourth-order valence-electron chi connectivity index (χ4n) is 3.54. The van der Waals surface area contributed by atoms with Crippen molar-refractivity contribution in [1.82, 2.24) is 14.7 Å². The summed E-state index contributed by atoms with van der Waals surface area (Å²) in [4.78, 5) is 43.9. The Morgan fingerprint density at radius 2 is 1.69 bits per heavy atom. The third-order valence-electron chi connectivity index (χ3n) is 5.66. The molecule has 1 heterocycles. The van der Waals surface area contributed by atoms with Crippen LogP contribution in [0.15, 0.2) is 94.6 Å². The third kappa shape index (κ3) is 8.93. The van der Waals surface area contributed by atoms with Gasteiger partial charge < -0.3 is 15.4 Å². The molecule has 3 aromatic carbocycles. The summed E-state index contributed by atoms with van der Waals surface area (Å²) in [6, 6.07) is 22.9. The number of rotatable bonds is 12. The van der Waals surface area contributed by atoms with Crippen LogP contribution in [0.3, 0.4) is 0 Å². The molecule has 1 unspecified atom stereocenters. The second kappa shape index (κ2) is 15.2. The summed E-state index contributed by atoms with van der Waals surface area (Å²) in [6.07, 6.45) is 1.60. The van der Waals surface area contributed by atoms with Crippen LogP contribution >= 0.6 is 35.1 Å². The van der Waals surface area contributed by atoms with Crippen LogP contribution in [-0.2, 0) is 9.59 Å². The predicted octanol–water partition coefficient (Wildman–Crippen LogP) is 6.19. The molecular formula is C30H29N5O4S3. The molecule has 1 aromatic heterocycles. The van der Waals surface area contributed by atoms with Crippen LogP contribution in [0.2, 0.25) is 0 Å². The maximum atomic E-state index is 13.3. The summed E-state index contributed by atoms with van der Waals surface area (Å²) in [5.41, 5.74) is 1.75. The SMILES string of the molecule is CCSc1nsc(NC(=O)C(C)Sc2ccc(NC(=O)/C(=C/c3ccc(OC)cc3)NC(=O)c3ccccc3)cc2)n1. The number of anilines is 2. The topological polar surface area (TPSA) is 122 Å². The Kier molecular flexibility index (Phi) is 11.2. The maximum Gasteiger partial charge on any atom is 0.272 e. The van der Waals surface area contributed by atoms with Crippen LogP contribution in [0.25, 0.3) is 6.08 Å². The Balaban J connectivity index is 1.41. The number of ether oxygens (including phenoxy) is 1. The molecule has 0 aliphatic carbocycles. The number of carbonyl (C=O) groups is 3. The molecule has 0 radical (unpaired) electrons. The summed E-state index contributed by atoms with van der Waals surface area (Å²) < 4.78 is 9.42. The molecule has 0 aliphatic rings. The number of benzene rings is 3. The van der Waals surface area contributed by atoms with Crippen molar-refractivity contribution in [2.24, 2.45) is 0 Å². The van der Waals surface area contributed by atoms with Crippen molar-refractivity contribution in [3.63, 3.8) is 0 Å². The van der Waals surface area contributed by atoms with Crippen molar-refractivity contribution in [3.8, 4) is 5.75 Å². The van der Waals surface area contributed by atoms with E-state index < -0.39 is 11.8 Å². The van der Waals surface area contributed by atoms with Gasteiger partial charge in [-0.1, -0.05) is 49.0 Å². The van der Waals surface area contributed by atoms with Crippen LogP contribution in [0.1, 0.15) is 29.8 Å². The summed E-state index contributed by atoms with van der Waals surface area (Å²) in [5, 5.41) is 9.12. The lowest BCUT2D eigenvalue weighted by Crippen LogP contribution is -2.30. The van der Waals surface area contributed by atoms with Crippen molar-refractivity contribution >= 4 is 69.7 Å². The lowest BCUT2D eigenvalue weighted by atomic mass is 10.1. The fraction of sp³-hybridized carbons (Fsp3) is 0.167. The van der Waals surface area contributed by atoms with Gasteiger partial charge in [0.1, 0.15) is 11.4 Å². The largest absolute Gasteiger partial charge is 0.497 e. The molecule has 42 heavy (non-hydrogen) atoms. The summed E-state index contributed by atoms with van der Waals surface area (Å²) in [6.45, 7) is 3.82. The molecule has 4 rings (SSSR count). The second-order valence-electron chi connectivity index (χ2n) is 8.69. The molecule has 0 bridgehead atoms. The molecule has 12 heteroatoms. The first-order chi connectivity index (χ1) is 20.3. The molecular weight excluding hydrogens is 591 g/mol. The van der Waals surface area contributed by atoms with Crippen LogP contribution < -0.4 is 20.7 Å². The van der Waals surface area contributed by atoms with E-state index in [9.17, 15) is 14.4 Å². The Hall–Kier alpha value is -4.13. The van der Waals surface area contributed by atoms with E-state index in [1.807, 2.05) is 32.0 Å². The Bertz CT molecular complexity index is 1540. The zero-order valence-corrected chi connectivity index (χ0v) is 25.6. The van der Waals surface area contributed by atoms with Crippen LogP contribution in [0.4, 0.5) is 10.8 Å². The van der Waals surface area contributed by atoms with Gasteiger partial charge in [0.15, 0.2) is 0 Å². The number of hydrogen-bond donors (Lipinski definition) is 3. The number of nitrogens with zero attached hydrogens (tertiary/aromatic N) is 2. The van der Waals surface area contributed by atoms with Crippen molar-refractivity contribution in [2.75, 3.05) is 23.5 Å². The van der Waals surface area contributed by atoms with E-state index in [1.54, 1.807) is 73.8 Å². The molecule has 0 spiro atoms. The van der Waals surface area contributed by atoms with Gasteiger partial charge in [0.25, 0.3) is 11.8 Å². The van der Waals surface area contributed by atoms with Crippen molar-refractivity contribution < 1.29 is 19.1 Å². The average Bonchev–Trinajstić information content (AvgIpc) is 3.45. The van der Waals surface area contributed by atoms with E-state index in [-0.39, 0.29) is 16.9 Å². The summed E-state index contributed by atoms with van der Waals surface area (Å²) in [7, 11) is 1.57. The first kappa shape index (κ1) is 30.8. The number of hydrogen-bond acceptors (Lipinski definition) is 9. The van der Waals surface area contributed by atoms with E-state index in [1.165, 1.54) is 23.5 Å². The van der Waals surface area contributed by atoms with Crippen LogP contribution in [-0.4, -0.2) is 45.2 Å². The Labute approximate surface area is 256 Å². The predicted molar refractivity (Wildman–Crippen MR) is 170 cm³/mol. The van der Waals surface area contributed by atoms with Gasteiger partial charge in [0.05, 0.1) is 12.4 Å². The first-order valence-electron chi connectivity index (χ1n) is 12.9. The zero-order chi connectivity index (χ0) is 29.9. The van der Waals surface area contributed by atoms with E-state index in [0.29, 0.717) is 32.9 Å². The first-order valence-corrected chi connectivity index (χ1v) is 15.6. The standard InChI is InChI=1S/C30H29N5O4S3/c1-4-40-30-34-29(42-35-30)33-26(36)19(2)41-24-16-12-22(13-17-24)31-28(38)25(18-20-10-14-23(39-3)15-11-20)32-27(37)21-8-6-5-7-9-21/h5-19H,4H2,1-3H3,(H,31,38)(H,32,37)(H,33,34,35,36)/b25-18-. The van der Waals surface area contributed by atoms with Gasteiger partial charge in [-0.2, -0.15) is 9.36 Å². The smallest absolute Gasteiger partial charge is 0.272 e. The minimum Gasteiger partial charge on any atom is -0.497 e. The van der Waals surface area contributed by atoms with E-state index >= 15 is 0 Å². The number of methoxy groups -OCH3 is 1. The van der Waals surface area contributed by atoms with Gasteiger partial charge in [-0.05, 0) is 72.8 Å². The molecule has 3 N–H and O–H groups in total. The van der Waals surface area contributed by atoms with E-state index in [2.05, 4.69) is 25.3 Å². The molecule has 4 aromatic rings. The van der Waals surface area contributed by atoms with Crippen molar-refractivity contribution in [2.45, 2.75) is 29.1 Å². The molecule has 0 fully saturated rings. The summed E-state index contributed by atoms with van der Waals surface area (Å²) in [5.74, 6) is 0.468. The Morgan fingerprint density at radius 3 is 2.36 bits per heavy atom. The van der Waals surface area contributed by atoms with E-state index in [0.717, 1.165) is 22.2 Å². The van der Waals surface area contributed by atoms with Crippen molar-refractivity contribution in [1.29, 1.82) is 0 Å². The normalized spacial score (nSPS) is 11.8. The van der Waals surface area contributed by atoms with Crippen molar-refractivity contribution in [3.05, 3.63) is 95.7 Å². The average molecular weight is 620 g/mol. The monoisotopic (exact) mass is 619 g/mol. The highest BCUT2D eigenvalue weighted by Crippen LogP contribution is 2.27. The molecule has 0 aliphatic heterocycles. The number of aromatic nitrogens is 2. The highest BCUT2D eigenvalue weighted by Gasteiger charge is 2.18. The number of nitrogens with one attached hydrogen (secondary N) is 3. The Morgan fingerprint density at radius 1 is 0.976 bits per heavy atom. The van der Waals surface area contributed by atoms with Gasteiger partial charge in [-0.25, -0.2) is 0 Å². The molecule has 0 saturated heterocycles. The highest BCUT2D eigenvalue weighted by molar-refractivity contribution is 8.00. The second-order valence-corrected chi connectivity index (χ2v) is 12.1.